The van der Waals surface area contributed by atoms with Gasteiger partial charge in [0, 0.05) is 12.0 Å². The largest absolute Gasteiger partial charge is 0.543 e. The maximum Gasteiger partial charge on any atom is 0.250 e. The Morgan fingerprint density at radius 2 is 1.63 bits per heavy atom. The van der Waals surface area contributed by atoms with E-state index in [4.69, 9.17) is 9.16 Å². The zero-order valence-corrected chi connectivity index (χ0v) is 20.4. The summed E-state index contributed by atoms with van der Waals surface area (Å²) in [5.41, 5.74) is 3.80. The van der Waals surface area contributed by atoms with Gasteiger partial charge in [-0.25, -0.2) is 0 Å². The number of fused-ring (bicyclic) bond motifs is 1. The van der Waals surface area contributed by atoms with Crippen LogP contribution < -0.4 is 4.43 Å². The van der Waals surface area contributed by atoms with Gasteiger partial charge in [-0.05, 0) is 67.1 Å². The molecule has 2 rings (SSSR count). The van der Waals surface area contributed by atoms with Crippen LogP contribution in [-0.4, -0.2) is 13.9 Å². The molecule has 0 unspecified atom stereocenters. The van der Waals surface area contributed by atoms with E-state index in [-0.39, 0.29) is 10.6 Å². The molecule has 0 amide bonds. The van der Waals surface area contributed by atoms with Crippen molar-refractivity contribution in [1.29, 1.82) is 0 Å². The number of hydrogen-bond acceptors (Lipinski definition) is 2. The Morgan fingerprint density at radius 3 is 2.11 bits per heavy atom. The highest BCUT2D eigenvalue weighted by Crippen LogP contribution is 2.43. The van der Waals surface area contributed by atoms with E-state index in [1.807, 2.05) is 0 Å². The van der Waals surface area contributed by atoms with Gasteiger partial charge in [0.2, 0.25) is 8.32 Å². The first kappa shape index (κ1) is 22.1. The molecule has 27 heavy (non-hydrogen) atoms. The first-order valence-electron chi connectivity index (χ1n) is 10.4. The van der Waals surface area contributed by atoms with Crippen LogP contribution >= 0.6 is 0 Å². The third kappa shape index (κ3) is 4.79. The molecule has 0 saturated heterocycles. The number of hydrogen-bond donors (Lipinski definition) is 0. The van der Waals surface area contributed by atoms with Crippen molar-refractivity contribution in [2.24, 2.45) is 11.8 Å². The van der Waals surface area contributed by atoms with Crippen LogP contribution in [0.3, 0.4) is 0 Å². The van der Waals surface area contributed by atoms with E-state index in [9.17, 15) is 0 Å². The van der Waals surface area contributed by atoms with Crippen LogP contribution in [0.15, 0.2) is 23.8 Å². The second-order valence-electron chi connectivity index (χ2n) is 10.8. The lowest BCUT2D eigenvalue weighted by molar-refractivity contribution is 0.0664. The minimum Gasteiger partial charge on any atom is -0.543 e. The fourth-order valence-corrected chi connectivity index (χ4v) is 4.69. The van der Waals surface area contributed by atoms with E-state index in [0.29, 0.717) is 11.8 Å². The Balaban J connectivity index is 2.60. The minimum atomic E-state index is -1.87. The number of allylic oxidation sites excluding steroid dienone is 1. The topological polar surface area (TPSA) is 18.5 Å². The van der Waals surface area contributed by atoms with Gasteiger partial charge in [0.1, 0.15) is 17.1 Å². The first-order valence-corrected chi connectivity index (χ1v) is 13.3. The second-order valence-corrected chi connectivity index (χ2v) is 15.5. The molecule has 0 N–H and O–H groups in total. The van der Waals surface area contributed by atoms with Crippen LogP contribution in [-0.2, 0) is 11.2 Å². The third-order valence-electron chi connectivity index (χ3n) is 6.01. The molecule has 0 bridgehead atoms. The molecule has 0 spiro atoms. The molecular weight excluding hydrogens is 348 g/mol. The van der Waals surface area contributed by atoms with E-state index in [0.717, 1.165) is 17.9 Å². The smallest absolute Gasteiger partial charge is 0.250 e. The highest BCUT2D eigenvalue weighted by Gasteiger charge is 2.39. The predicted octanol–water partition coefficient (Wildman–Crippen LogP) is 7.45. The fourth-order valence-electron chi connectivity index (χ4n) is 3.66. The van der Waals surface area contributed by atoms with Crippen molar-refractivity contribution < 1.29 is 9.16 Å². The summed E-state index contributed by atoms with van der Waals surface area (Å²) in [6.45, 7) is 24.9. The zero-order valence-electron chi connectivity index (χ0n) is 19.4. The normalized spacial score (nSPS) is 17.0. The molecule has 0 aliphatic carbocycles. The van der Waals surface area contributed by atoms with Crippen LogP contribution in [0.25, 0.3) is 5.76 Å². The summed E-state index contributed by atoms with van der Waals surface area (Å²) in [7, 11) is -1.87. The van der Waals surface area contributed by atoms with Crippen molar-refractivity contribution >= 4 is 14.1 Å². The van der Waals surface area contributed by atoms with Gasteiger partial charge in [-0.15, -0.1) is 0 Å². The van der Waals surface area contributed by atoms with Gasteiger partial charge in [0.05, 0.1) is 0 Å². The van der Waals surface area contributed by atoms with E-state index in [1.165, 1.54) is 16.7 Å². The van der Waals surface area contributed by atoms with Gasteiger partial charge >= 0.3 is 0 Å². The van der Waals surface area contributed by atoms with Crippen molar-refractivity contribution in [3.63, 3.8) is 0 Å². The standard InChI is InChI=1S/C24H40O2Si/c1-16(2)21(17(3)4)22-20-14-19(26-27(10,11)23(5,6)7)13-12-18(20)15-24(8,9)25-22/h12-14,16-17H,15H2,1-11H3. The maximum atomic E-state index is 6.59. The van der Waals surface area contributed by atoms with Crippen LogP contribution in [0.5, 0.6) is 5.75 Å². The van der Waals surface area contributed by atoms with Gasteiger partial charge in [-0.2, -0.15) is 0 Å². The average Bonchev–Trinajstić information content (AvgIpc) is 2.44. The molecule has 1 aliphatic heterocycles. The van der Waals surface area contributed by atoms with Crippen LogP contribution in [0.2, 0.25) is 18.1 Å². The highest BCUT2D eigenvalue weighted by atomic mass is 28.4. The summed E-state index contributed by atoms with van der Waals surface area (Å²) in [6, 6.07) is 6.63. The summed E-state index contributed by atoms with van der Waals surface area (Å²) < 4.78 is 13.2. The lowest BCUT2D eigenvalue weighted by Crippen LogP contribution is -2.43. The SMILES string of the molecule is CC(C)C(=C1OC(C)(C)Cc2ccc(O[Si](C)(C)C(C)(C)C)cc21)C(C)C. The number of ether oxygens (including phenoxy) is 1. The molecule has 1 aromatic rings. The second kappa shape index (κ2) is 7.31. The van der Waals surface area contributed by atoms with Crippen molar-refractivity contribution in [2.75, 3.05) is 0 Å². The molecule has 152 valence electrons. The summed E-state index contributed by atoms with van der Waals surface area (Å²) in [4.78, 5) is 0. The molecule has 1 aromatic carbocycles. The van der Waals surface area contributed by atoms with Crippen LogP contribution in [0.4, 0.5) is 0 Å². The van der Waals surface area contributed by atoms with Crippen molar-refractivity contribution in [3.05, 3.63) is 34.9 Å². The summed E-state index contributed by atoms with van der Waals surface area (Å²) >= 11 is 0. The Labute approximate surface area is 168 Å². The van der Waals surface area contributed by atoms with Gasteiger partial charge in [-0.1, -0.05) is 54.5 Å². The van der Waals surface area contributed by atoms with Crippen molar-refractivity contribution in [2.45, 2.75) is 92.5 Å². The van der Waals surface area contributed by atoms with Gasteiger partial charge in [0.25, 0.3) is 0 Å². The van der Waals surface area contributed by atoms with E-state index in [1.54, 1.807) is 0 Å². The summed E-state index contributed by atoms with van der Waals surface area (Å²) in [5.74, 6) is 2.96. The molecule has 1 aliphatic rings. The monoisotopic (exact) mass is 388 g/mol. The van der Waals surface area contributed by atoms with Crippen LogP contribution in [0, 0.1) is 11.8 Å². The summed E-state index contributed by atoms with van der Waals surface area (Å²) in [5, 5.41) is 0.182. The van der Waals surface area contributed by atoms with E-state index in [2.05, 4.69) is 93.6 Å². The fraction of sp³-hybridized carbons (Fsp3) is 0.667. The number of rotatable bonds is 4. The Bertz CT molecular complexity index is 708. The van der Waals surface area contributed by atoms with E-state index < -0.39 is 8.32 Å². The molecule has 0 fully saturated rings. The third-order valence-corrected chi connectivity index (χ3v) is 10.4. The number of benzene rings is 1. The molecule has 1 heterocycles. The average molecular weight is 389 g/mol. The van der Waals surface area contributed by atoms with Gasteiger partial charge in [0.15, 0.2) is 0 Å². The molecule has 0 radical (unpaired) electrons. The molecular formula is C24H40O2Si. The zero-order chi connectivity index (χ0) is 20.8. The molecule has 0 saturated carbocycles. The predicted molar refractivity (Wildman–Crippen MR) is 120 cm³/mol. The molecule has 0 aromatic heterocycles. The molecule has 0 atom stereocenters. The molecule has 3 heteroatoms. The van der Waals surface area contributed by atoms with E-state index >= 15 is 0 Å². The quantitative estimate of drug-likeness (QED) is 0.499. The molecule has 2 nitrogen and oxygen atoms in total. The van der Waals surface area contributed by atoms with Crippen molar-refractivity contribution in [1.82, 2.24) is 0 Å². The lowest BCUT2D eigenvalue weighted by Gasteiger charge is -2.39. The highest BCUT2D eigenvalue weighted by molar-refractivity contribution is 6.74. The van der Waals surface area contributed by atoms with Gasteiger partial charge in [-0.3, -0.25) is 0 Å². The van der Waals surface area contributed by atoms with Gasteiger partial charge < -0.3 is 9.16 Å². The lowest BCUT2D eigenvalue weighted by atomic mass is 9.84. The Hall–Kier alpha value is -1.22. The Kier molecular flexibility index (Phi) is 5.97. The van der Waals surface area contributed by atoms with Crippen molar-refractivity contribution in [3.8, 4) is 5.75 Å². The maximum absolute atomic E-state index is 6.59. The van der Waals surface area contributed by atoms with Crippen LogP contribution in [0.1, 0.15) is 73.4 Å². The first-order chi connectivity index (χ1) is 12.1. The summed E-state index contributed by atoms with van der Waals surface area (Å²) in [6.07, 6.45) is 0.926. The minimum absolute atomic E-state index is 0.181. The Morgan fingerprint density at radius 1 is 1.07 bits per heavy atom.